The van der Waals surface area contributed by atoms with Crippen LogP contribution >= 0.6 is 0 Å². The van der Waals surface area contributed by atoms with Crippen LogP contribution in [0, 0.1) is 0 Å². The molecule has 0 aliphatic heterocycles. The maximum Gasteiger partial charge on any atom is 0.235 e. The van der Waals surface area contributed by atoms with Gasteiger partial charge in [0.15, 0.2) is 0 Å². The number of isocyanates is 1. The van der Waals surface area contributed by atoms with E-state index in [0.29, 0.717) is 5.88 Å². The molecule has 0 saturated heterocycles. The third-order valence-electron chi connectivity index (χ3n) is 2.61. The number of para-hydroxylation sites is 1. The van der Waals surface area contributed by atoms with Crippen molar-refractivity contribution in [2.45, 2.75) is 13.0 Å². The number of hydrogen-bond acceptors (Lipinski definition) is 4. The Balaban J connectivity index is 2.64. The summed E-state index contributed by atoms with van der Waals surface area (Å²) in [5.41, 5.74) is 1.64. The van der Waals surface area contributed by atoms with Gasteiger partial charge in [0, 0.05) is 10.9 Å². The maximum atomic E-state index is 10.3. The first kappa shape index (κ1) is 11.3. The van der Waals surface area contributed by atoms with E-state index in [1.165, 1.54) is 0 Å². The van der Waals surface area contributed by atoms with Gasteiger partial charge in [0.2, 0.25) is 12.0 Å². The summed E-state index contributed by atoms with van der Waals surface area (Å²) in [5, 5.41) is 0.997. The van der Waals surface area contributed by atoms with Gasteiger partial charge in [0.1, 0.15) is 0 Å². The Kier molecular flexibility index (Phi) is 3.17. The summed E-state index contributed by atoms with van der Waals surface area (Å²) in [5.74, 6) is 0.496. The molecule has 0 amide bonds. The number of fused-ring (bicyclic) bond motifs is 1. The molecule has 0 bridgehead atoms. The van der Waals surface area contributed by atoms with Gasteiger partial charge < -0.3 is 4.74 Å². The van der Waals surface area contributed by atoms with Crippen LogP contribution in [0.25, 0.3) is 10.9 Å². The number of ether oxygens (including phenoxy) is 1. The summed E-state index contributed by atoms with van der Waals surface area (Å²) in [6.45, 7) is 1.80. The van der Waals surface area contributed by atoms with Gasteiger partial charge in [0.05, 0.1) is 18.7 Å². The molecule has 1 unspecified atom stereocenters. The van der Waals surface area contributed by atoms with Crippen molar-refractivity contribution in [3.8, 4) is 5.88 Å². The number of aliphatic imine (C=N–C) groups is 1. The number of hydrogen-bond donors (Lipinski definition) is 0. The van der Waals surface area contributed by atoms with Crippen molar-refractivity contribution in [1.82, 2.24) is 4.98 Å². The Hall–Kier alpha value is -2.19. The number of rotatable bonds is 3. The number of methoxy groups -OCH3 is 1. The molecule has 0 N–H and O–H groups in total. The zero-order valence-corrected chi connectivity index (χ0v) is 9.68. The molecule has 0 radical (unpaired) electrons. The van der Waals surface area contributed by atoms with Gasteiger partial charge in [-0.1, -0.05) is 18.2 Å². The van der Waals surface area contributed by atoms with Gasteiger partial charge in [-0.25, -0.2) is 9.78 Å². The topological polar surface area (TPSA) is 51.6 Å². The van der Waals surface area contributed by atoms with Gasteiger partial charge in [-0.05, 0) is 19.1 Å². The lowest BCUT2D eigenvalue weighted by Gasteiger charge is -2.11. The van der Waals surface area contributed by atoms with Crippen molar-refractivity contribution < 1.29 is 9.53 Å². The average Bonchev–Trinajstić information content (AvgIpc) is 2.37. The summed E-state index contributed by atoms with van der Waals surface area (Å²) < 4.78 is 5.22. The number of nitrogens with zero attached hydrogens (tertiary/aromatic N) is 2. The lowest BCUT2D eigenvalue weighted by molar-refractivity contribution is 0.391. The number of pyridine rings is 1. The quantitative estimate of drug-likeness (QED) is 0.599. The maximum absolute atomic E-state index is 10.3. The molecule has 0 spiro atoms. The fourth-order valence-electron chi connectivity index (χ4n) is 1.73. The first-order chi connectivity index (χ1) is 8.26. The van der Waals surface area contributed by atoms with Crippen LogP contribution in [0.4, 0.5) is 0 Å². The number of aromatic nitrogens is 1. The Morgan fingerprint density at radius 1 is 1.41 bits per heavy atom. The number of benzene rings is 1. The van der Waals surface area contributed by atoms with Crippen molar-refractivity contribution in [2.75, 3.05) is 7.11 Å². The van der Waals surface area contributed by atoms with Crippen LogP contribution < -0.4 is 4.74 Å². The summed E-state index contributed by atoms with van der Waals surface area (Å²) in [7, 11) is 1.55. The van der Waals surface area contributed by atoms with Gasteiger partial charge >= 0.3 is 0 Å². The Bertz CT molecular complexity index is 589. The summed E-state index contributed by atoms with van der Waals surface area (Å²) >= 11 is 0. The van der Waals surface area contributed by atoms with Crippen LogP contribution in [0.3, 0.4) is 0 Å². The molecule has 1 heterocycles. The minimum Gasteiger partial charge on any atom is -0.481 e. The highest BCUT2D eigenvalue weighted by Gasteiger charge is 2.13. The second kappa shape index (κ2) is 4.76. The van der Waals surface area contributed by atoms with E-state index in [2.05, 4.69) is 9.98 Å². The van der Waals surface area contributed by atoms with Crippen molar-refractivity contribution in [3.63, 3.8) is 0 Å². The van der Waals surface area contributed by atoms with Crippen LogP contribution in [-0.4, -0.2) is 18.2 Å². The predicted molar refractivity (Wildman–Crippen MR) is 64.8 cm³/mol. The predicted octanol–water partition coefficient (Wildman–Crippen LogP) is 2.64. The van der Waals surface area contributed by atoms with Crippen molar-refractivity contribution in [3.05, 3.63) is 35.9 Å². The third-order valence-corrected chi connectivity index (χ3v) is 2.61. The molecule has 4 heteroatoms. The fourth-order valence-corrected chi connectivity index (χ4v) is 1.73. The van der Waals surface area contributed by atoms with Crippen LogP contribution in [0.5, 0.6) is 5.88 Å². The van der Waals surface area contributed by atoms with Gasteiger partial charge in [-0.3, -0.25) is 0 Å². The molecule has 0 saturated carbocycles. The monoisotopic (exact) mass is 228 g/mol. The molecule has 1 aromatic carbocycles. The molecule has 0 fully saturated rings. The molecule has 4 nitrogen and oxygen atoms in total. The van der Waals surface area contributed by atoms with E-state index in [1.807, 2.05) is 30.3 Å². The minimum atomic E-state index is -0.306. The molecule has 1 atom stereocenters. The standard InChI is InChI=1S/C13H12N2O2/c1-9(14-8-16)11-7-10-5-3-4-6-12(10)15-13(11)17-2/h3-7,9H,1-2H3. The second-order valence-corrected chi connectivity index (χ2v) is 3.68. The van der Waals surface area contributed by atoms with Crippen molar-refractivity contribution in [1.29, 1.82) is 0 Å². The summed E-state index contributed by atoms with van der Waals surface area (Å²) in [6, 6.07) is 9.36. The normalized spacial score (nSPS) is 11.9. The highest BCUT2D eigenvalue weighted by molar-refractivity contribution is 5.80. The third kappa shape index (κ3) is 2.17. The molecular formula is C13H12N2O2. The molecule has 2 aromatic rings. The molecular weight excluding hydrogens is 216 g/mol. The minimum absolute atomic E-state index is 0.306. The highest BCUT2D eigenvalue weighted by atomic mass is 16.5. The molecule has 1 aromatic heterocycles. The molecule has 86 valence electrons. The molecule has 0 aliphatic carbocycles. The lowest BCUT2D eigenvalue weighted by Crippen LogP contribution is -1.98. The van der Waals surface area contributed by atoms with E-state index in [1.54, 1.807) is 20.1 Å². The Morgan fingerprint density at radius 3 is 2.88 bits per heavy atom. The molecule has 0 aliphatic rings. The van der Waals surface area contributed by atoms with Crippen molar-refractivity contribution in [2.24, 2.45) is 4.99 Å². The van der Waals surface area contributed by atoms with E-state index >= 15 is 0 Å². The van der Waals surface area contributed by atoms with Crippen LogP contribution in [0.1, 0.15) is 18.5 Å². The number of carbonyl (C=O) groups excluding carboxylic acids is 1. The largest absolute Gasteiger partial charge is 0.481 e. The molecule has 17 heavy (non-hydrogen) atoms. The van der Waals surface area contributed by atoms with E-state index in [-0.39, 0.29) is 6.04 Å². The van der Waals surface area contributed by atoms with E-state index in [4.69, 9.17) is 4.74 Å². The van der Waals surface area contributed by atoms with E-state index in [0.717, 1.165) is 16.5 Å². The first-order valence-electron chi connectivity index (χ1n) is 5.27. The summed E-state index contributed by atoms with van der Waals surface area (Å²) in [6.07, 6.45) is 1.56. The van der Waals surface area contributed by atoms with Gasteiger partial charge in [0.25, 0.3) is 0 Å². The lowest BCUT2D eigenvalue weighted by atomic mass is 10.1. The van der Waals surface area contributed by atoms with E-state index in [9.17, 15) is 4.79 Å². The van der Waals surface area contributed by atoms with E-state index < -0.39 is 0 Å². The fraction of sp³-hybridized carbons (Fsp3) is 0.231. The second-order valence-electron chi connectivity index (χ2n) is 3.68. The Morgan fingerprint density at radius 2 is 2.18 bits per heavy atom. The van der Waals surface area contributed by atoms with Crippen LogP contribution in [0.15, 0.2) is 35.3 Å². The smallest absolute Gasteiger partial charge is 0.235 e. The average molecular weight is 228 g/mol. The zero-order chi connectivity index (χ0) is 12.3. The highest BCUT2D eigenvalue weighted by Crippen LogP contribution is 2.28. The first-order valence-corrected chi connectivity index (χ1v) is 5.27. The SMILES string of the molecule is COc1nc2ccccc2cc1C(C)N=C=O. The van der Waals surface area contributed by atoms with Crippen molar-refractivity contribution >= 4 is 17.0 Å². The van der Waals surface area contributed by atoms with Crippen LogP contribution in [-0.2, 0) is 4.79 Å². The van der Waals surface area contributed by atoms with Crippen LogP contribution in [0.2, 0.25) is 0 Å². The zero-order valence-electron chi connectivity index (χ0n) is 9.68. The molecule has 2 rings (SSSR count). The van der Waals surface area contributed by atoms with Gasteiger partial charge in [-0.2, -0.15) is 4.99 Å². The van der Waals surface area contributed by atoms with Gasteiger partial charge in [-0.15, -0.1) is 0 Å². The Labute approximate surface area is 99.0 Å². The summed E-state index contributed by atoms with van der Waals surface area (Å²) in [4.78, 5) is 18.4.